The predicted octanol–water partition coefficient (Wildman–Crippen LogP) is 14.5. The molecule has 3 aromatic rings. The van der Waals surface area contributed by atoms with Crippen LogP contribution in [-0.4, -0.2) is 12.4 Å². The number of ether oxygens (including phenoxy) is 1. The second-order valence-electron chi connectivity index (χ2n) is 12.7. The summed E-state index contributed by atoms with van der Waals surface area (Å²) in [6.07, 6.45) is 20.3. The van der Waals surface area contributed by atoms with Crippen LogP contribution < -0.4 is 4.74 Å². The van der Waals surface area contributed by atoms with E-state index in [1.54, 1.807) is 12.3 Å². The maximum absolute atomic E-state index is 14.7. The highest BCUT2D eigenvalue weighted by molar-refractivity contribution is 5.87. The molecule has 4 heteroatoms. The maximum Gasteiger partial charge on any atom is 0.133 e. The van der Waals surface area contributed by atoms with Gasteiger partial charge in [0.25, 0.3) is 0 Å². The molecule has 0 atom stereocenters. The molecule has 1 aliphatic rings. The molecule has 1 saturated carbocycles. The lowest BCUT2D eigenvalue weighted by molar-refractivity contribution is 0.306. The topological polar surface area (TPSA) is 34.0 Å². The lowest BCUT2D eigenvalue weighted by atomic mass is 10.0. The van der Waals surface area contributed by atoms with Crippen LogP contribution in [0.25, 0.3) is 5.57 Å². The molecule has 0 aliphatic heterocycles. The zero-order valence-electron chi connectivity index (χ0n) is 31.8. The normalized spacial score (nSPS) is 12.5. The quantitative estimate of drug-likeness (QED) is 0.117. The number of halogens is 1. The van der Waals surface area contributed by atoms with Crippen molar-refractivity contribution in [3.05, 3.63) is 114 Å². The van der Waals surface area contributed by atoms with E-state index in [9.17, 15) is 4.39 Å². The van der Waals surface area contributed by atoms with Gasteiger partial charge in [-0.15, -0.1) is 0 Å². The molecular formula is C45H65FN2O. The Morgan fingerprint density at radius 2 is 1.47 bits per heavy atom. The number of aryl methyl sites for hydroxylation is 1. The first-order chi connectivity index (χ1) is 23.8. The van der Waals surface area contributed by atoms with Crippen LogP contribution in [0.2, 0.25) is 0 Å². The van der Waals surface area contributed by atoms with Gasteiger partial charge in [-0.25, -0.2) is 4.39 Å². The van der Waals surface area contributed by atoms with Gasteiger partial charge in [-0.1, -0.05) is 154 Å². The molecule has 0 aromatic heterocycles. The molecule has 0 spiro atoms. The Balaban J connectivity index is 0.000000410. The largest absolute Gasteiger partial charge is 0.489 e. The van der Waals surface area contributed by atoms with Crippen molar-refractivity contribution in [2.75, 3.05) is 0 Å². The molecule has 4 rings (SSSR count). The van der Waals surface area contributed by atoms with Gasteiger partial charge in [-0.3, -0.25) is 9.98 Å². The van der Waals surface area contributed by atoms with E-state index in [0.29, 0.717) is 12.2 Å². The highest BCUT2D eigenvalue weighted by Crippen LogP contribution is 2.29. The predicted molar refractivity (Wildman–Crippen MR) is 215 cm³/mol. The summed E-state index contributed by atoms with van der Waals surface area (Å²) in [5.74, 6) is 1.58. The molecular weight excluding hydrogens is 604 g/mol. The van der Waals surface area contributed by atoms with Gasteiger partial charge in [0.2, 0.25) is 0 Å². The van der Waals surface area contributed by atoms with Crippen molar-refractivity contribution in [1.29, 1.82) is 0 Å². The average Bonchev–Trinajstić information content (AvgIpc) is 3.10. The summed E-state index contributed by atoms with van der Waals surface area (Å²) in [4.78, 5) is 8.57. The maximum atomic E-state index is 14.7. The summed E-state index contributed by atoms with van der Waals surface area (Å²) >= 11 is 0. The molecule has 3 nitrogen and oxygen atoms in total. The number of benzene rings is 3. The van der Waals surface area contributed by atoms with Gasteiger partial charge in [0, 0.05) is 29.1 Å². The zero-order chi connectivity index (χ0) is 36.1. The van der Waals surface area contributed by atoms with Crippen molar-refractivity contribution in [2.24, 2.45) is 15.9 Å². The fourth-order valence-electron chi connectivity index (χ4n) is 4.43. The molecule has 49 heavy (non-hydrogen) atoms. The second-order valence-corrected chi connectivity index (χ2v) is 12.7. The van der Waals surface area contributed by atoms with Gasteiger partial charge >= 0.3 is 0 Å². The first kappa shape index (κ1) is 43.2. The average molecular weight is 669 g/mol. The summed E-state index contributed by atoms with van der Waals surface area (Å²) in [5.41, 5.74) is 5.32. The monoisotopic (exact) mass is 669 g/mol. The lowest BCUT2D eigenvalue weighted by Gasteiger charge is -2.10. The third-order valence-electron chi connectivity index (χ3n) is 8.38. The van der Waals surface area contributed by atoms with E-state index in [1.165, 1.54) is 44.1 Å². The van der Waals surface area contributed by atoms with Crippen molar-refractivity contribution >= 4 is 23.7 Å². The van der Waals surface area contributed by atoms with Gasteiger partial charge in [0.15, 0.2) is 0 Å². The van der Waals surface area contributed by atoms with Crippen LogP contribution >= 0.6 is 0 Å². The van der Waals surface area contributed by atoms with E-state index in [-0.39, 0.29) is 5.82 Å². The van der Waals surface area contributed by atoms with Crippen LogP contribution in [0.1, 0.15) is 135 Å². The van der Waals surface area contributed by atoms with Crippen LogP contribution in [0, 0.1) is 18.7 Å². The highest BCUT2D eigenvalue weighted by atomic mass is 19.1. The third kappa shape index (κ3) is 19.7. The van der Waals surface area contributed by atoms with Crippen LogP contribution in [0.5, 0.6) is 5.75 Å². The third-order valence-corrected chi connectivity index (χ3v) is 8.38. The number of hydrogen-bond acceptors (Lipinski definition) is 3. The number of para-hydroxylation sites is 1. The smallest absolute Gasteiger partial charge is 0.133 e. The fourth-order valence-corrected chi connectivity index (χ4v) is 4.43. The zero-order valence-corrected chi connectivity index (χ0v) is 31.8. The fraction of sp³-hybridized carbons (Fsp3) is 0.467. The Labute approximate surface area is 299 Å². The van der Waals surface area contributed by atoms with Crippen molar-refractivity contribution in [2.45, 2.75) is 132 Å². The number of aliphatic imine (C=N–C) groups is 2. The Hall–Kier alpha value is -3.79. The lowest BCUT2D eigenvalue weighted by Crippen LogP contribution is -1.98. The molecule has 0 bridgehead atoms. The Morgan fingerprint density at radius 3 is 1.96 bits per heavy atom. The first-order valence-electron chi connectivity index (χ1n) is 18.7. The second kappa shape index (κ2) is 28.1. The summed E-state index contributed by atoms with van der Waals surface area (Å²) in [6, 6.07) is 23.4. The molecule has 0 heterocycles. The number of nitrogens with zero attached hydrogens (tertiary/aromatic N) is 2. The van der Waals surface area contributed by atoms with Crippen LogP contribution in [0.3, 0.4) is 0 Å². The van der Waals surface area contributed by atoms with E-state index in [4.69, 9.17) is 9.73 Å². The van der Waals surface area contributed by atoms with Crippen LogP contribution in [-0.2, 0) is 6.61 Å². The van der Waals surface area contributed by atoms with Gasteiger partial charge in [0.1, 0.15) is 18.2 Å². The van der Waals surface area contributed by atoms with Gasteiger partial charge in [-0.2, -0.15) is 0 Å². The molecule has 1 fully saturated rings. The van der Waals surface area contributed by atoms with E-state index in [0.717, 1.165) is 72.7 Å². The summed E-state index contributed by atoms with van der Waals surface area (Å²) in [6.45, 7) is 19.2. The molecule has 268 valence electrons. The van der Waals surface area contributed by atoms with Gasteiger partial charge in [0.05, 0.1) is 5.69 Å². The minimum absolute atomic E-state index is 0.272. The SMILES string of the molecule is C1CCC1.C=N/C=C(\C=C\CC)c1cc(C)c(N=C(CCC)CCCC)cc1F.CCC(C)CC.c1ccc(COc2ccccc2)cc1. The van der Waals surface area contributed by atoms with E-state index < -0.39 is 0 Å². The molecule has 3 aromatic carbocycles. The first-order valence-corrected chi connectivity index (χ1v) is 18.7. The molecule has 0 unspecified atom stereocenters. The number of allylic oxidation sites excluding steroid dienone is 3. The Morgan fingerprint density at radius 1 is 0.857 bits per heavy atom. The molecule has 0 N–H and O–H groups in total. The Bertz CT molecular complexity index is 1310. The summed E-state index contributed by atoms with van der Waals surface area (Å²) in [5, 5.41) is 0. The molecule has 0 saturated heterocycles. The van der Waals surface area contributed by atoms with Crippen molar-refractivity contribution < 1.29 is 9.13 Å². The minimum Gasteiger partial charge on any atom is -0.489 e. The summed E-state index contributed by atoms with van der Waals surface area (Å²) in [7, 11) is 0. The van der Waals surface area contributed by atoms with Crippen molar-refractivity contribution in [3.8, 4) is 5.75 Å². The van der Waals surface area contributed by atoms with Crippen molar-refractivity contribution in [1.82, 2.24) is 0 Å². The standard InChI is InChI=1S/C22H31FN2.C13H12O.C6H14.C4H8/c1-6-9-12-18(16-24-5)20-14-17(4)22(15-21(20)23)25-19(11-8-3)13-10-7-2;1-3-7-12(8-4-1)11-14-13-9-5-2-6-10-13;1-4-6(3)5-2;1-2-4-3-1/h9,12,14-16H,5-8,10-11,13H2,1-4H3;1-10H,11H2;6H,4-5H2,1-3H3;1-4H2/b12-9+,18-16+,25-19?;;;. The molecule has 0 radical (unpaired) electrons. The van der Waals surface area contributed by atoms with Crippen LogP contribution in [0.4, 0.5) is 10.1 Å². The van der Waals surface area contributed by atoms with E-state index >= 15 is 0 Å². The molecule has 0 amide bonds. The summed E-state index contributed by atoms with van der Waals surface area (Å²) < 4.78 is 20.3. The molecule has 1 aliphatic carbocycles. The van der Waals surface area contributed by atoms with Gasteiger partial charge < -0.3 is 4.74 Å². The Kier molecular flexibility index (Phi) is 24.8. The minimum atomic E-state index is -0.272. The highest BCUT2D eigenvalue weighted by Gasteiger charge is 2.11. The van der Waals surface area contributed by atoms with Gasteiger partial charge in [-0.05, 0) is 74.6 Å². The number of rotatable bonds is 15. The van der Waals surface area contributed by atoms with Crippen molar-refractivity contribution in [3.63, 3.8) is 0 Å². The van der Waals surface area contributed by atoms with E-state index in [2.05, 4.69) is 58.5 Å². The number of hydrogen-bond donors (Lipinski definition) is 0. The number of unbranched alkanes of at least 4 members (excludes halogenated alkanes) is 1. The van der Waals surface area contributed by atoms with Crippen LogP contribution in [0.15, 0.2) is 101 Å². The van der Waals surface area contributed by atoms with E-state index in [1.807, 2.05) is 80.6 Å².